The maximum absolute atomic E-state index is 9.91. The molecule has 0 radical (unpaired) electrons. The van der Waals surface area contributed by atoms with Gasteiger partial charge in [-0.3, -0.25) is 0 Å². The van der Waals surface area contributed by atoms with Gasteiger partial charge in [0, 0.05) is 21.3 Å². The Labute approximate surface area is 227 Å². The molecule has 0 amide bonds. The first-order valence-electron chi connectivity index (χ1n) is 12.9. The van der Waals surface area contributed by atoms with Crippen molar-refractivity contribution in [2.45, 2.75) is 56.9 Å². The van der Waals surface area contributed by atoms with Gasteiger partial charge in [-0.2, -0.15) is 5.26 Å². The monoisotopic (exact) mass is 532 g/mol. The summed E-state index contributed by atoms with van der Waals surface area (Å²) in [5.74, 6) is 3.22. The molecule has 4 aliphatic rings. The number of halogens is 2. The molecular weight excluding hydrogens is 503 g/mol. The second kappa shape index (κ2) is 9.38. The van der Waals surface area contributed by atoms with Gasteiger partial charge in [0.2, 0.25) is 0 Å². The summed E-state index contributed by atoms with van der Waals surface area (Å²) in [7, 11) is 0. The number of nitrogens with two attached hydrogens (primary N) is 1. The minimum Gasteiger partial charge on any atom is -0.393 e. The van der Waals surface area contributed by atoms with Crippen LogP contribution in [0.4, 0.5) is 23.0 Å². The number of anilines is 4. The second-order valence-electron chi connectivity index (χ2n) is 11.2. The quantitative estimate of drug-likeness (QED) is 0.304. The van der Waals surface area contributed by atoms with Crippen molar-refractivity contribution in [3.8, 4) is 6.07 Å². The summed E-state index contributed by atoms with van der Waals surface area (Å²) in [6.45, 7) is 1.98. The molecule has 2 aromatic carbocycles. The molecule has 7 rings (SSSR count). The number of aromatic nitrogens is 2. The van der Waals surface area contributed by atoms with Crippen molar-refractivity contribution in [2.75, 3.05) is 16.4 Å². The summed E-state index contributed by atoms with van der Waals surface area (Å²) in [5, 5.41) is 18.2. The van der Waals surface area contributed by atoms with E-state index in [1.807, 2.05) is 31.2 Å². The van der Waals surface area contributed by atoms with E-state index in [2.05, 4.69) is 26.7 Å². The highest BCUT2D eigenvalue weighted by Gasteiger charge is 2.51. The van der Waals surface area contributed by atoms with Crippen molar-refractivity contribution in [1.29, 1.82) is 5.26 Å². The van der Waals surface area contributed by atoms with Crippen LogP contribution in [0.5, 0.6) is 0 Å². The normalized spacial score (nSPS) is 26.5. The first kappa shape index (κ1) is 24.3. The number of nitriles is 1. The Morgan fingerprint density at radius 2 is 1.62 bits per heavy atom. The molecule has 37 heavy (non-hydrogen) atoms. The number of nitrogens with zero attached hydrogens (tertiary/aromatic N) is 3. The summed E-state index contributed by atoms with van der Waals surface area (Å²) < 4.78 is 0. The highest BCUT2D eigenvalue weighted by molar-refractivity contribution is 6.32. The van der Waals surface area contributed by atoms with Crippen molar-refractivity contribution in [2.24, 2.45) is 17.8 Å². The zero-order chi connectivity index (χ0) is 25.7. The number of aryl methyl sites for hydroxylation is 1. The first-order valence-corrected chi connectivity index (χ1v) is 13.7. The summed E-state index contributed by atoms with van der Waals surface area (Å²) in [6, 6.07) is 13.4. The maximum Gasteiger partial charge on any atom is 0.159 e. The molecule has 3 aromatic rings. The molecule has 6 nitrogen and oxygen atoms in total. The molecule has 1 atom stereocenters. The lowest BCUT2D eigenvalue weighted by atomic mass is 9.53. The van der Waals surface area contributed by atoms with E-state index in [-0.39, 0.29) is 5.54 Å². The fourth-order valence-corrected chi connectivity index (χ4v) is 7.67. The number of hydrogen-bond donors (Lipinski definition) is 3. The molecule has 4 saturated carbocycles. The average molecular weight is 534 g/mol. The van der Waals surface area contributed by atoms with Crippen molar-refractivity contribution in [3.63, 3.8) is 0 Å². The first-order chi connectivity index (χ1) is 17.8. The van der Waals surface area contributed by atoms with Crippen LogP contribution in [0.2, 0.25) is 10.0 Å². The minimum atomic E-state index is -0.502. The van der Waals surface area contributed by atoms with Crippen LogP contribution in [0.3, 0.4) is 0 Å². The molecule has 0 saturated heterocycles. The highest BCUT2D eigenvalue weighted by atomic mass is 35.5. The molecule has 1 unspecified atom stereocenters. The molecule has 4 aliphatic carbocycles. The van der Waals surface area contributed by atoms with Crippen molar-refractivity contribution < 1.29 is 0 Å². The van der Waals surface area contributed by atoms with Gasteiger partial charge in [0.25, 0.3) is 0 Å². The Balaban J connectivity index is 1.25. The third-order valence-corrected chi connectivity index (χ3v) is 9.13. The molecule has 0 spiro atoms. The predicted molar refractivity (Wildman–Crippen MR) is 149 cm³/mol. The third kappa shape index (κ3) is 4.60. The molecule has 4 N–H and O–H groups in total. The van der Waals surface area contributed by atoms with E-state index >= 15 is 0 Å². The van der Waals surface area contributed by atoms with Crippen LogP contribution < -0.4 is 16.4 Å². The van der Waals surface area contributed by atoms with Gasteiger partial charge in [-0.1, -0.05) is 41.4 Å². The molecule has 0 aliphatic heterocycles. The second-order valence-corrected chi connectivity index (χ2v) is 12.1. The van der Waals surface area contributed by atoms with Crippen molar-refractivity contribution in [3.05, 3.63) is 69.5 Å². The van der Waals surface area contributed by atoms with E-state index in [0.717, 1.165) is 40.1 Å². The predicted octanol–water partition coefficient (Wildman–Crippen LogP) is 7.45. The van der Waals surface area contributed by atoms with Crippen LogP contribution in [0.25, 0.3) is 0 Å². The fraction of sp³-hybridized carbons (Fsp3) is 0.414. The Hall–Kier alpha value is -3.01. The number of benzene rings is 2. The van der Waals surface area contributed by atoms with Crippen molar-refractivity contribution in [1.82, 2.24) is 9.97 Å². The number of rotatable bonds is 6. The van der Waals surface area contributed by atoms with Crippen LogP contribution >= 0.6 is 23.2 Å². The molecule has 4 bridgehead atoms. The minimum absolute atomic E-state index is 0.101. The number of nitrogen functional groups attached to an aromatic ring is 1. The fourth-order valence-electron chi connectivity index (χ4n) is 7.28. The molecule has 190 valence electrons. The van der Waals surface area contributed by atoms with Gasteiger partial charge in [0.15, 0.2) is 11.6 Å². The van der Waals surface area contributed by atoms with Gasteiger partial charge in [-0.05, 0) is 98.1 Å². The zero-order valence-corrected chi connectivity index (χ0v) is 22.3. The lowest BCUT2D eigenvalue weighted by molar-refractivity contribution is 0.0106. The van der Waals surface area contributed by atoms with Gasteiger partial charge < -0.3 is 16.4 Å². The van der Waals surface area contributed by atoms with Gasteiger partial charge in [-0.15, -0.1) is 0 Å². The summed E-state index contributed by atoms with van der Waals surface area (Å²) >= 11 is 12.7. The molecule has 1 heterocycles. The van der Waals surface area contributed by atoms with E-state index in [1.54, 1.807) is 18.5 Å². The standard InChI is InChI=1S/C29H30Cl2N6/c1-16-6-22(23(14-32)20-2-4-21(30)5-3-20)24(31)10-25(16)36-27-26(33)28(35-15-34-27)37-29-11-17-7-18(12-29)9-19(8-17)13-29/h2-6,10,15,17-19,23H,7-9,11-13,33H2,1H3,(H2,34,35,36,37). The Bertz CT molecular complexity index is 1350. The summed E-state index contributed by atoms with van der Waals surface area (Å²) in [5.41, 5.74) is 10.5. The largest absolute Gasteiger partial charge is 0.393 e. The summed E-state index contributed by atoms with van der Waals surface area (Å²) in [4.78, 5) is 8.96. The maximum atomic E-state index is 9.91. The van der Waals surface area contributed by atoms with Crippen molar-refractivity contribution >= 4 is 46.2 Å². The average Bonchev–Trinajstić information content (AvgIpc) is 2.85. The van der Waals surface area contributed by atoms with Crippen LogP contribution in [0.15, 0.2) is 42.7 Å². The molecule has 8 heteroatoms. The third-order valence-electron chi connectivity index (χ3n) is 8.55. The lowest BCUT2D eigenvalue weighted by Gasteiger charge is -2.57. The van der Waals surface area contributed by atoms with E-state index in [9.17, 15) is 5.26 Å². The number of nitrogens with one attached hydrogen (secondary N) is 2. The number of hydrogen-bond acceptors (Lipinski definition) is 6. The zero-order valence-electron chi connectivity index (χ0n) is 20.8. The molecule has 1 aromatic heterocycles. The van der Waals surface area contributed by atoms with Gasteiger partial charge in [0.1, 0.15) is 12.0 Å². The van der Waals surface area contributed by atoms with E-state index in [1.165, 1.54) is 38.5 Å². The molecular formula is C29H30Cl2N6. The van der Waals surface area contributed by atoms with Crippen LogP contribution in [0, 0.1) is 36.0 Å². The smallest absolute Gasteiger partial charge is 0.159 e. The van der Waals surface area contributed by atoms with E-state index in [4.69, 9.17) is 28.9 Å². The lowest BCUT2D eigenvalue weighted by Crippen LogP contribution is -2.55. The van der Waals surface area contributed by atoms with E-state index in [0.29, 0.717) is 27.4 Å². The Morgan fingerprint density at radius 1 is 1.00 bits per heavy atom. The SMILES string of the molecule is Cc1cc(C(C#N)c2ccc(Cl)cc2)c(Cl)cc1Nc1ncnc(NC23CC4CC(CC(C4)C2)C3)c1N. The Kier molecular flexibility index (Phi) is 6.17. The van der Waals surface area contributed by atoms with Crippen LogP contribution in [0.1, 0.15) is 61.1 Å². The Morgan fingerprint density at radius 3 is 2.24 bits per heavy atom. The van der Waals surface area contributed by atoms with Gasteiger partial charge >= 0.3 is 0 Å². The van der Waals surface area contributed by atoms with Crippen LogP contribution in [-0.2, 0) is 0 Å². The van der Waals surface area contributed by atoms with E-state index < -0.39 is 5.92 Å². The molecule has 4 fully saturated rings. The van der Waals surface area contributed by atoms with Crippen LogP contribution in [-0.4, -0.2) is 15.5 Å². The highest BCUT2D eigenvalue weighted by Crippen LogP contribution is 2.56. The van der Waals surface area contributed by atoms with Gasteiger partial charge in [-0.25, -0.2) is 9.97 Å². The van der Waals surface area contributed by atoms with Gasteiger partial charge in [0.05, 0.1) is 12.0 Å². The topological polar surface area (TPSA) is 99.6 Å². The summed E-state index contributed by atoms with van der Waals surface area (Å²) in [6.07, 6.45) is 9.31.